The molecule has 0 saturated carbocycles. The van der Waals surface area contributed by atoms with Crippen LogP contribution in [0, 0.1) is 0 Å². The normalized spacial score (nSPS) is 13.5. The van der Waals surface area contributed by atoms with Crippen molar-refractivity contribution in [1.82, 2.24) is 15.0 Å². The molecule has 0 radical (unpaired) electrons. The summed E-state index contributed by atoms with van der Waals surface area (Å²) in [7, 11) is 0. The summed E-state index contributed by atoms with van der Waals surface area (Å²) in [5, 5.41) is 11.9. The number of aryl methyl sites for hydroxylation is 1. The monoisotopic (exact) mass is 276 g/mol. The standard InChI is InChI=1S/C17H16N4/c1-2-8-14(9-3-1)21-16(12-19-20-21)15-10-4-6-13-7-5-11-18-17(13)15/h1-4,6,8-10,12,18H,5,7,11H2. The Kier molecular flexibility index (Phi) is 2.92. The second-order valence-electron chi connectivity index (χ2n) is 5.24. The Morgan fingerprint density at radius 3 is 2.81 bits per heavy atom. The molecule has 0 fully saturated rings. The SMILES string of the molecule is c1ccc(-n2nncc2-c2cccc3c2NCCC3)cc1. The highest BCUT2D eigenvalue weighted by Crippen LogP contribution is 2.34. The first-order chi connectivity index (χ1) is 10.4. The van der Waals surface area contributed by atoms with Crippen molar-refractivity contribution in [2.45, 2.75) is 12.8 Å². The summed E-state index contributed by atoms with van der Waals surface area (Å²) in [6.45, 7) is 1.02. The molecule has 0 saturated heterocycles. The lowest BCUT2D eigenvalue weighted by atomic mass is 9.98. The Morgan fingerprint density at radius 1 is 1.00 bits per heavy atom. The first kappa shape index (κ1) is 12.1. The van der Waals surface area contributed by atoms with Gasteiger partial charge in [-0.1, -0.05) is 41.6 Å². The second kappa shape index (κ2) is 5.05. The fourth-order valence-corrected chi connectivity index (χ4v) is 2.90. The molecule has 2 heterocycles. The zero-order valence-corrected chi connectivity index (χ0v) is 11.7. The molecule has 1 aromatic heterocycles. The van der Waals surface area contributed by atoms with Crippen molar-refractivity contribution < 1.29 is 0 Å². The summed E-state index contributed by atoms with van der Waals surface area (Å²) in [6.07, 6.45) is 4.15. The molecule has 1 aliphatic heterocycles. The Balaban J connectivity index is 1.88. The topological polar surface area (TPSA) is 42.7 Å². The molecular weight excluding hydrogens is 260 g/mol. The van der Waals surface area contributed by atoms with Gasteiger partial charge in [0.2, 0.25) is 0 Å². The number of hydrogen-bond donors (Lipinski definition) is 1. The van der Waals surface area contributed by atoms with Crippen molar-refractivity contribution in [3.8, 4) is 16.9 Å². The minimum Gasteiger partial charge on any atom is -0.384 e. The van der Waals surface area contributed by atoms with E-state index in [1.807, 2.05) is 41.2 Å². The molecule has 21 heavy (non-hydrogen) atoms. The van der Waals surface area contributed by atoms with Crippen LogP contribution in [0.5, 0.6) is 0 Å². The first-order valence-corrected chi connectivity index (χ1v) is 7.26. The summed E-state index contributed by atoms with van der Waals surface area (Å²) < 4.78 is 1.89. The van der Waals surface area contributed by atoms with E-state index in [9.17, 15) is 0 Å². The Labute approximate surface area is 123 Å². The molecule has 4 nitrogen and oxygen atoms in total. The number of fused-ring (bicyclic) bond motifs is 1. The minimum absolute atomic E-state index is 1.02. The zero-order chi connectivity index (χ0) is 14.1. The largest absolute Gasteiger partial charge is 0.384 e. The van der Waals surface area contributed by atoms with Crippen molar-refractivity contribution in [2.75, 3.05) is 11.9 Å². The van der Waals surface area contributed by atoms with Crippen LogP contribution in [0.25, 0.3) is 16.9 Å². The molecule has 0 unspecified atom stereocenters. The predicted molar refractivity (Wildman–Crippen MR) is 83.6 cm³/mol. The first-order valence-electron chi connectivity index (χ1n) is 7.26. The molecule has 0 aliphatic carbocycles. The maximum absolute atomic E-state index is 4.25. The lowest BCUT2D eigenvalue weighted by molar-refractivity contribution is 0.805. The van der Waals surface area contributed by atoms with Crippen molar-refractivity contribution >= 4 is 5.69 Å². The van der Waals surface area contributed by atoms with E-state index in [1.54, 1.807) is 0 Å². The average molecular weight is 276 g/mol. The quantitative estimate of drug-likeness (QED) is 0.781. The zero-order valence-electron chi connectivity index (χ0n) is 11.7. The van der Waals surface area contributed by atoms with Crippen LogP contribution in [-0.4, -0.2) is 21.5 Å². The van der Waals surface area contributed by atoms with E-state index >= 15 is 0 Å². The van der Waals surface area contributed by atoms with Gasteiger partial charge in [-0.15, -0.1) is 5.10 Å². The van der Waals surface area contributed by atoms with E-state index in [2.05, 4.69) is 33.8 Å². The Hall–Kier alpha value is -2.62. The van der Waals surface area contributed by atoms with E-state index in [0.29, 0.717) is 0 Å². The highest BCUT2D eigenvalue weighted by Gasteiger charge is 2.17. The third-order valence-electron chi connectivity index (χ3n) is 3.90. The number of nitrogens with one attached hydrogen (secondary N) is 1. The van der Waals surface area contributed by atoms with Gasteiger partial charge in [-0.3, -0.25) is 0 Å². The number of benzene rings is 2. The van der Waals surface area contributed by atoms with Crippen molar-refractivity contribution in [2.24, 2.45) is 0 Å². The molecule has 104 valence electrons. The third-order valence-corrected chi connectivity index (χ3v) is 3.90. The van der Waals surface area contributed by atoms with Crippen LogP contribution in [0.2, 0.25) is 0 Å². The molecule has 4 rings (SSSR count). The fraction of sp³-hybridized carbons (Fsp3) is 0.176. The smallest absolute Gasteiger partial charge is 0.0965 e. The van der Waals surface area contributed by atoms with Crippen molar-refractivity contribution in [1.29, 1.82) is 0 Å². The highest BCUT2D eigenvalue weighted by atomic mass is 15.4. The molecule has 2 aromatic carbocycles. The Morgan fingerprint density at radius 2 is 1.90 bits per heavy atom. The molecule has 0 amide bonds. The molecule has 4 heteroatoms. The molecule has 0 atom stereocenters. The number of anilines is 1. The van der Waals surface area contributed by atoms with Crippen molar-refractivity contribution in [3.05, 3.63) is 60.3 Å². The van der Waals surface area contributed by atoms with Crippen LogP contribution in [0.4, 0.5) is 5.69 Å². The van der Waals surface area contributed by atoms with E-state index in [1.165, 1.54) is 23.2 Å². The molecule has 3 aromatic rings. The molecule has 1 N–H and O–H groups in total. The van der Waals surface area contributed by atoms with Crippen molar-refractivity contribution in [3.63, 3.8) is 0 Å². The molecule has 0 bridgehead atoms. The van der Waals surface area contributed by atoms with Crippen LogP contribution in [-0.2, 0) is 6.42 Å². The number of para-hydroxylation sites is 2. The summed E-state index contributed by atoms with van der Waals surface area (Å²) in [5.41, 5.74) is 5.81. The van der Waals surface area contributed by atoms with Gasteiger partial charge in [0.25, 0.3) is 0 Å². The number of rotatable bonds is 2. The van der Waals surface area contributed by atoms with Crippen LogP contribution in [0.15, 0.2) is 54.7 Å². The third kappa shape index (κ3) is 2.09. The lowest BCUT2D eigenvalue weighted by Crippen LogP contribution is -2.13. The molecular formula is C17H16N4. The number of nitrogens with zero attached hydrogens (tertiary/aromatic N) is 3. The van der Waals surface area contributed by atoms with Crippen LogP contribution in [0.1, 0.15) is 12.0 Å². The molecule has 0 spiro atoms. The number of aromatic nitrogens is 3. The van der Waals surface area contributed by atoms with Crippen LogP contribution >= 0.6 is 0 Å². The summed E-state index contributed by atoms with van der Waals surface area (Å²) in [6, 6.07) is 16.6. The lowest BCUT2D eigenvalue weighted by Gasteiger charge is -2.21. The Bertz CT molecular complexity index is 761. The van der Waals surface area contributed by atoms with E-state index < -0.39 is 0 Å². The van der Waals surface area contributed by atoms with Gasteiger partial charge in [0.15, 0.2) is 0 Å². The van der Waals surface area contributed by atoms with E-state index in [-0.39, 0.29) is 0 Å². The molecule has 1 aliphatic rings. The number of hydrogen-bond acceptors (Lipinski definition) is 3. The van der Waals surface area contributed by atoms with Crippen LogP contribution < -0.4 is 5.32 Å². The predicted octanol–water partition coefficient (Wildman–Crippen LogP) is 3.29. The second-order valence-corrected chi connectivity index (χ2v) is 5.24. The average Bonchev–Trinajstić information content (AvgIpc) is 3.04. The maximum atomic E-state index is 4.25. The van der Waals surface area contributed by atoms with Gasteiger partial charge < -0.3 is 5.32 Å². The minimum atomic E-state index is 1.02. The van der Waals surface area contributed by atoms with Gasteiger partial charge in [-0.25, -0.2) is 4.68 Å². The summed E-state index contributed by atoms with van der Waals surface area (Å²) >= 11 is 0. The fourth-order valence-electron chi connectivity index (χ4n) is 2.90. The van der Waals surface area contributed by atoms with Gasteiger partial charge in [0.1, 0.15) is 0 Å². The van der Waals surface area contributed by atoms with Gasteiger partial charge in [0.05, 0.1) is 17.6 Å². The van der Waals surface area contributed by atoms with Crippen LogP contribution in [0.3, 0.4) is 0 Å². The van der Waals surface area contributed by atoms with Gasteiger partial charge in [0, 0.05) is 17.8 Å². The summed E-state index contributed by atoms with van der Waals surface area (Å²) in [5.74, 6) is 0. The van der Waals surface area contributed by atoms with Gasteiger partial charge in [-0.05, 0) is 30.5 Å². The highest BCUT2D eigenvalue weighted by molar-refractivity contribution is 5.79. The summed E-state index contributed by atoms with van der Waals surface area (Å²) in [4.78, 5) is 0. The van der Waals surface area contributed by atoms with Gasteiger partial charge in [-0.2, -0.15) is 0 Å². The van der Waals surface area contributed by atoms with E-state index in [0.717, 1.165) is 24.3 Å². The maximum Gasteiger partial charge on any atom is 0.0965 e. The van der Waals surface area contributed by atoms with Gasteiger partial charge >= 0.3 is 0 Å². The van der Waals surface area contributed by atoms with E-state index in [4.69, 9.17) is 0 Å².